The fourth-order valence-corrected chi connectivity index (χ4v) is 6.52. The topological polar surface area (TPSA) is 59.9 Å². The maximum atomic E-state index is 13.8. The molecule has 36 heavy (non-hydrogen) atoms. The van der Waals surface area contributed by atoms with Crippen molar-refractivity contribution >= 4 is 23.3 Å². The van der Waals surface area contributed by atoms with Crippen LogP contribution >= 0.6 is 11.6 Å². The van der Waals surface area contributed by atoms with E-state index in [0.29, 0.717) is 24.2 Å². The van der Waals surface area contributed by atoms with E-state index in [-0.39, 0.29) is 17.6 Å². The number of hydrogen-bond donors (Lipinski definition) is 1. The van der Waals surface area contributed by atoms with Crippen molar-refractivity contribution < 1.29 is 9.90 Å². The number of pyridine rings is 1. The molecule has 1 fully saturated rings. The number of benzene rings is 2. The SMILES string of the molecule is CN1CCc2cc(Cl)c(O)cc2C2c3cccc(C(=O)N4CCN(c5ccccn5)CC4)c3CCC21. The normalized spacial score (nSPS) is 21.8. The van der Waals surface area contributed by atoms with Gasteiger partial charge in [-0.25, -0.2) is 4.98 Å². The Morgan fingerprint density at radius 2 is 1.83 bits per heavy atom. The number of carbonyl (C=O) groups is 1. The van der Waals surface area contributed by atoms with Gasteiger partial charge in [0.15, 0.2) is 0 Å². The quantitative estimate of drug-likeness (QED) is 0.565. The van der Waals surface area contributed by atoms with Gasteiger partial charge in [-0.15, -0.1) is 0 Å². The van der Waals surface area contributed by atoms with Crippen molar-refractivity contribution in [3.05, 3.63) is 87.6 Å². The maximum absolute atomic E-state index is 13.8. The fourth-order valence-electron chi connectivity index (χ4n) is 6.33. The van der Waals surface area contributed by atoms with Gasteiger partial charge in [0.05, 0.1) is 5.02 Å². The predicted molar refractivity (Wildman–Crippen MR) is 142 cm³/mol. The van der Waals surface area contributed by atoms with Crippen LogP contribution in [0, 0.1) is 0 Å². The second kappa shape index (κ2) is 9.41. The minimum Gasteiger partial charge on any atom is -0.506 e. The number of likely N-dealkylation sites (N-methyl/N-ethyl adjacent to an activating group) is 1. The molecule has 0 radical (unpaired) electrons. The van der Waals surface area contributed by atoms with E-state index in [4.69, 9.17) is 11.6 Å². The van der Waals surface area contributed by atoms with E-state index in [0.717, 1.165) is 61.4 Å². The summed E-state index contributed by atoms with van der Waals surface area (Å²) in [6.45, 7) is 3.87. The molecular weight excluding hydrogens is 472 g/mol. The van der Waals surface area contributed by atoms with Crippen molar-refractivity contribution in [3.63, 3.8) is 0 Å². The summed E-state index contributed by atoms with van der Waals surface area (Å²) >= 11 is 6.29. The molecule has 1 N–H and O–H groups in total. The molecule has 3 aliphatic rings. The summed E-state index contributed by atoms with van der Waals surface area (Å²) in [4.78, 5) is 24.9. The number of halogens is 1. The summed E-state index contributed by atoms with van der Waals surface area (Å²) in [6.07, 6.45) is 4.57. The van der Waals surface area contributed by atoms with Crippen molar-refractivity contribution in [2.24, 2.45) is 0 Å². The number of phenolic OH excluding ortho intramolecular Hbond substituents is 1. The molecule has 2 atom stereocenters. The van der Waals surface area contributed by atoms with Crippen LogP contribution in [0.1, 0.15) is 45.0 Å². The largest absolute Gasteiger partial charge is 0.506 e. The molecule has 1 aliphatic carbocycles. The molecule has 6 rings (SSSR count). The Kier molecular flexibility index (Phi) is 6.10. The fraction of sp³-hybridized carbons (Fsp3) is 0.379. The van der Waals surface area contributed by atoms with Crippen molar-refractivity contribution in [1.82, 2.24) is 14.8 Å². The van der Waals surface area contributed by atoms with Crippen LogP contribution in [0.25, 0.3) is 0 Å². The molecule has 2 unspecified atom stereocenters. The Balaban J connectivity index is 1.31. The van der Waals surface area contributed by atoms with E-state index < -0.39 is 0 Å². The van der Waals surface area contributed by atoms with E-state index in [1.54, 1.807) is 0 Å². The molecule has 7 heteroatoms. The Hall–Kier alpha value is -3.09. The lowest BCUT2D eigenvalue weighted by Crippen LogP contribution is -2.49. The Morgan fingerprint density at radius 3 is 2.61 bits per heavy atom. The number of phenols is 1. The lowest BCUT2D eigenvalue weighted by atomic mass is 9.73. The molecule has 0 saturated carbocycles. The van der Waals surface area contributed by atoms with E-state index in [9.17, 15) is 9.90 Å². The summed E-state index contributed by atoms with van der Waals surface area (Å²) in [6, 6.07) is 16.2. The van der Waals surface area contributed by atoms with E-state index in [1.807, 2.05) is 53.6 Å². The van der Waals surface area contributed by atoms with Gasteiger partial charge in [0.25, 0.3) is 5.91 Å². The number of anilines is 1. The standard InChI is InChI=1S/C29H31ClN4O2/c1-32-12-10-19-17-24(30)26(35)18-23(19)28-21-5-4-6-22(20(21)8-9-25(28)32)29(36)34-15-13-33(14-16-34)27-7-2-3-11-31-27/h2-7,11,17-18,25,28,35H,8-10,12-16H2,1H3. The summed E-state index contributed by atoms with van der Waals surface area (Å²) in [5.41, 5.74) is 5.52. The number of nitrogens with zero attached hydrogens (tertiary/aromatic N) is 4. The third-order valence-electron chi connectivity index (χ3n) is 8.24. The molecule has 0 bridgehead atoms. The minimum absolute atomic E-state index is 0.105. The summed E-state index contributed by atoms with van der Waals surface area (Å²) in [7, 11) is 2.19. The van der Waals surface area contributed by atoms with Gasteiger partial charge in [-0.05, 0) is 78.9 Å². The van der Waals surface area contributed by atoms with Crippen molar-refractivity contribution in [3.8, 4) is 5.75 Å². The maximum Gasteiger partial charge on any atom is 0.254 e. The molecule has 3 heterocycles. The van der Waals surface area contributed by atoms with Crippen LogP contribution in [0.5, 0.6) is 5.75 Å². The van der Waals surface area contributed by atoms with E-state index in [2.05, 4.69) is 27.9 Å². The first-order valence-electron chi connectivity index (χ1n) is 12.8. The van der Waals surface area contributed by atoms with Crippen LogP contribution in [0.4, 0.5) is 5.82 Å². The van der Waals surface area contributed by atoms with Crippen molar-refractivity contribution in [2.75, 3.05) is 44.7 Å². The second-order valence-corrected chi connectivity index (χ2v) is 10.6. The number of hydrogen-bond acceptors (Lipinski definition) is 5. The van der Waals surface area contributed by atoms with E-state index >= 15 is 0 Å². The smallest absolute Gasteiger partial charge is 0.254 e. The van der Waals surface area contributed by atoms with Gasteiger partial charge in [0, 0.05) is 56.4 Å². The van der Waals surface area contributed by atoms with Gasteiger partial charge in [0.1, 0.15) is 11.6 Å². The highest BCUT2D eigenvalue weighted by Gasteiger charge is 2.38. The summed E-state index contributed by atoms with van der Waals surface area (Å²) < 4.78 is 0. The van der Waals surface area contributed by atoms with Crippen molar-refractivity contribution in [2.45, 2.75) is 31.2 Å². The Bertz CT molecular complexity index is 1290. The number of carbonyl (C=O) groups excluding carboxylic acids is 1. The number of aromatic hydroxyl groups is 1. The monoisotopic (exact) mass is 502 g/mol. The average molecular weight is 503 g/mol. The molecule has 0 spiro atoms. The molecule has 1 aromatic heterocycles. The molecule has 2 aliphatic heterocycles. The van der Waals surface area contributed by atoms with Crippen LogP contribution in [-0.2, 0) is 12.8 Å². The first-order valence-corrected chi connectivity index (χ1v) is 13.2. The zero-order valence-corrected chi connectivity index (χ0v) is 21.3. The molecular formula is C29H31ClN4O2. The van der Waals surface area contributed by atoms with Crippen molar-refractivity contribution in [1.29, 1.82) is 0 Å². The zero-order chi connectivity index (χ0) is 24.8. The predicted octanol–water partition coefficient (Wildman–Crippen LogP) is 4.34. The third kappa shape index (κ3) is 4.02. The van der Waals surface area contributed by atoms with Crippen LogP contribution in [0.15, 0.2) is 54.7 Å². The Morgan fingerprint density at radius 1 is 1.00 bits per heavy atom. The summed E-state index contributed by atoms with van der Waals surface area (Å²) in [5, 5.41) is 10.9. The first kappa shape index (κ1) is 23.3. The van der Waals surface area contributed by atoms with Crippen LogP contribution < -0.4 is 4.90 Å². The number of amides is 1. The van der Waals surface area contributed by atoms with Crippen LogP contribution in [-0.4, -0.2) is 71.6 Å². The lowest BCUT2D eigenvalue weighted by Gasteiger charge is -2.40. The van der Waals surface area contributed by atoms with E-state index in [1.165, 1.54) is 11.1 Å². The van der Waals surface area contributed by atoms with Gasteiger partial charge in [0.2, 0.25) is 0 Å². The Labute approximate surface area is 217 Å². The van der Waals surface area contributed by atoms with Gasteiger partial charge >= 0.3 is 0 Å². The highest BCUT2D eigenvalue weighted by molar-refractivity contribution is 6.32. The highest BCUT2D eigenvalue weighted by atomic mass is 35.5. The molecule has 1 amide bonds. The molecule has 2 aromatic carbocycles. The number of fused-ring (bicyclic) bond motifs is 5. The lowest BCUT2D eigenvalue weighted by molar-refractivity contribution is 0.0744. The van der Waals surface area contributed by atoms with Crippen LogP contribution in [0.2, 0.25) is 5.02 Å². The second-order valence-electron chi connectivity index (χ2n) is 10.2. The van der Waals surface area contributed by atoms with Gasteiger partial charge < -0.3 is 19.8 Å². The number of piperazine rings is 1. The molecule has 186 valence electrons. The third-order valence-corrected chi connectivity index (χ3v) is 8.54. The molecule has 3 aromatic rings. The first-order chi connectivity index (χ1) is 17.5. The minimum atomic E-state index is 0.105. The number of rotatable bonds is 2. The molecule has 1 saturated heterocycles. The average Bonchev–Trinajstić information content (AvgIpc) is 3.05. The number of aromatic nitrogens is 1. The molecule has 6 nitrogen and oxygen atoms in total. The zero-order valence-electron chi connectivity index (χ0n) is 20.5. The van der Waals surface area contributed by atoms with Gasteiger partial charge in [-0.3, -0.25) is 4.79 Å². The van der Waals surface area contributed by atoms with Gasteiger partial charge in [-0.1, -0.05) is 29.8 Å². The van der Waals surface area contributed by atoms with Crippen LogP contribution in [0.3, 0.4) is 0 Å². The summed E-state index contributed by atoms with van der Waals surface area (Å²) in [5.74, 6) is 1.32. The highest BCUT2D eigenvalue weighted by Crippen LogP contribution is 2.45. The van der Waals surface area contributed by atoms with Gasteiger partial charge in [-0.2, -0.15) is 0 Å².